The van der Waals surface area contributed by atoms with E-state index in [9.17, 15) is 13.2 Å². The highest BCUT2D eigenvalue weighted by Gasteiger charge is 2.36. The molecule has 1 amide bonds. The molecule has 20 heavy (non-hydrogen) atoms. The van der Waals surface area contributed by atoms with Crippen LogP contribution in [0.2, 0.25) is 0 Å². The molecular weight excluding hydrogens is 276 g/mol. The SMILES string of the molecule is CC1(C)CCCNC1CNC(=O)C1CCCCS1(=O)=O. The van der Waals surface area contributed by atoms with Crippen LogP contribution in [0.4, 0.5) is 0 Å². The minimum atomic E-state index is -3.24. The summed E-state index contributed by atoms with van der Waals surface area (Å²) in [5, 5.41) is 5.45. The van der Waals surface area contributed by atoms with Gasteiger partial charge in [-0.3, -0.25) is 4.79 Å². The van der Waals surface area contributed by atoms with Crippen LogP contribution in [0.25, 0.3) is 0 Å². The van der Waals surface area contributed by atoms with Gasteiger partial charge in [-0.25, -0.2) is 8.42 Å². The lowest BCUT2D eigenvalue weighted by Gasteiger charge is -2.39. The highest BCUT2D eigenvalue weighted by Crippen LogP contribution is 2.29. The second kappa shape index (κ2) is 6.02. The van der Waals surface area contributed by atoms with Gasteiger partial charge in [-0.2, -0.15) is 0 Å². The second-order valence-electron chi connectivity index (χ2n) is 6.70. The van der Waals surface area contributed by atoms with Gasteiger partial charge < -0.3 is 10.6 Å². The summed E-state index contributed by atoms with van der Waals surface area (Å²) < 4.78 is 23.9. The Bertz CT molecular complexity index is 459. The summed E-state index contributed by atoms with van der Waals surface area (Å²) in [7, 11) is -3.24. The van der Waals surface area contributed by atoms with Crippen molar-refractivity contribution in [1.82, 2.24) is 10.6 Å². The van der Waals surface area contributed by atoms with Crippen LogP contribution in [-0.2, 0) is 14.6 Å². The summed E-state index contributed by atoms with van der Waals surface area (Å²) in [5.41, 5.74) is 0.136. The van der Waals surface area contributed by atoms with E-state index in [1.165, 1.54) is 0 Å². The molecule has 0 saturated carbocycles. The third kappa shape index (κ3) is 3.52. The molecule has 2 aliphatic rings. The zero-order valence-corrected chi connectivity index (χ0v) is 13.3. The summed E-state index contributed by atoms with van der Waals surface area (Å²) in [5.74, 6) is -0.161. The molecule has 0 aliphatic carbocycles. The second-order valence-corrected chi connectivity index (χ2v) is 9.00. The Morgan fingerprint density at radius 2 is 2.05 bits per heavy atom. The molecule has 0 radical (unpaired) electrons. The number of hydrogen-bond acceptors (Lipinski definition) is 4. The van der Waals surface area contributed by atoms with Crippen LogP contribution in [0, 0.1) is 5.41 Å². The maximum absolute atomic E-state index is 12.1. The number of piperidine rings is 1. The van der Waals surface area contributed by atoms with E-state index in [1.54, 1.807) is 0 Å². The molecule has 0 spiro atoms. The first-order valence-electron chi connectivity index (χ1n) is 7.56. The van der Waals surface area contributed by atoms with Gasteiger partial charge in [0.25, 0.3) is 0 Å². The van der Waals surface area contributed by atoms with Crippen LogP contribution in [-0.4, -0.2) is 44.5 Å². The molecule has 2 N–H and O–H groups in total. The summed E-state index contributed by atoms with van der Waals surface area (Å²) in [4.78, 5) is 12.1. The van der Waals surface area contributed by atoms with Gasteiger partial charge >= 0.3 is 0 Å². The molecule has 6 heteroatoms. The summed E-state index contributed by atoms with van der Waals surface area (Å²) in [6.07, 6.45) is 4.25. The predicted molar refractivity (Wildman–Crippen MR) is 79.2 cm³/mol. The molecule has 2 fully saturated rings. The number of hydrogen-bond donors (Lipinski definition) is 2. The van der Waals surface area contributed by atoms with Crippen molar-refractivity contribution in [2.45, 2.75) is 57.2 Å². The van der Waals surface area contributed by atoms with E-state index in [4.69, 9.17) is 0 Å². The molecule has 116 valence electrons. The van der Waals surface area contributed by atoms with Crippen molar-refractivity contribution < 1.29 is 13.2 Å². The van der Waals surface area contributed by atoms with Crippen molar-refractivity contribution in [3.63, 3.8) is 0 Å². The lowest BCUT2D eigenvalue weighted by Crippen LogP contribution is -2.54. The Balaban J connectivity index is 1.91. The smallest absolute Gasteiger partial charge is 0.238 e. The fraction of sp³-hybridized carbons (Fsp3) is 0.929. The molecular formula is C14H26N2O3S. The van der Waals surface area contributed by atoms with E-state index < -0.39 is 15.1 Å². The number of rotatable bonds is 3. The molecule has 5 nitrogen and oxygen atoms in total. The summed E-state index contributed by atoms with van der Waals surface area (Å²) in [6.45, 7) is 5.85. The van der Waals surface area contributed by atoms with Gasteiger partial charge in [0.05, 0.1) is 5.75 Å². The van der Waals surface area contributed by atoms with E-state index >= 15 is 0 Å². The zero-order valence-electron chi connectivity index (χ0n) is 12.4. The molecule has 0 aromatic heterocycles. The first-order valence-corrected chi connectivity index (χ1v) is 9.27. The molecule has 0 aromatic carbocycles. The van der Waals surface area contributed by atoms with Crippen LogP contribution >= 0.6 is 0 Å². The molecule has 2 unspecified atom stereocenters. The Morgan fingerprint density at radius 3 is 2.70 bits per heavy atom. The van der Waals surface area contributed by atoms with Crippen LogP contribution in [0.3, 0.4) is 0 Å². The van der Waals surface area contributed by atoms with Gasteiger partial charge in [0.1, 0.15) is 5.25 Å². The normalized spacial score (nSPS) is 32.5. The van der Waals surface area contributed by atoms with Crippen molar-refractivity contribution in [3.8, 4) is 0 Å². The number of nitrogens with one attached hydrogen (secondary N) is 2. The predicted octanol–water partition coefficient (Wildman–Crippen LogP) is 0.848. The van der Waals surface area contributed by atoms with Crippen LogP contribution in [0.5, 0.6) is 0 Å². The molecule has 2 heterocycles. The largest absolute Gasteiger partial charge is 0.353 e. The minimum absolute atomic E-state index is 0.136. The lowest BCUT2D eigenvalue weighted by atomic mass is 9.77. The van der Waals surface area contributed by atoms with Gasteiger partial charge in [-0.15, -0.1) is 0 Å². The fourth-order valence-electron chi connectivity index (χ4n) is 3.18. The van der Waals surface area contributed by atoms with E-state index in [0.717, 1.165) is 25.8 Å². The van der Waals surface area contributed by atoms with E-state index in [1.807, 2.05) is 0 Å². The molecule has 0 aromatic rings. The topological polar surface area (TPSA) is 75.3 Å². The summed E-state index contributed by atoms with van der Waals surface area (Å²) >= 11 is 0. The molecule has 2 aliphatic heterocycles. The summed E-state index contributed by atoms with van der Waals surface area (Å²) in [6, 6.07) is 0.214. The highest BCUT2D eigenvalue weighted by molar-refractivity contribution is 7.92. The maximum Gasteiger partial charge on any atom is 0.238 e. The number of sulfone groups is 1. The first-order chi connectivity index (χ1) is 9.33. The zero-order chi connectivity index (χ0) is 14.8. The quantitative estimate of drug-likeness (QED) is 0.810. The third-order valence-electron chi connectivity index (χ3n) is 4.68. The van der Waals surface area contributed by atoms with Crippen molar-refractivity contribution in [2.24, 2.45) is 5.41 Å². The highest BCUT2D eigenvalue weighted by atomic mass is 32.2. The Kier molecular flexibility index (Phi) is 4.74. The van der Waals surface area contributed by atoms with E-state index in [2.05, 4.69) is 24.5 Å². The maximum atomic E-state index is 12.1. The van der Waals surface area contributed by atoms with Crippen molar-refractivity contribution in [1.29, 1.82) is 0 Å². The number of carbonyl (C=O) groups is 1. The Hall–Kier alpha value is -0.620. The Labute approximate surface area is 121 Å². The number of carbonyl (C=O) groups excluding carboxylic acids is 1. The van der Waals surface area contributed by atoms with Gasteiger partial charge in [-0.1, -0.05) is 20.3 Å². The lowest BCUT2D eigenvalue weighted by molar-refractivity contribution is -0.121. The van der Waals surface area contributed by atoms with E-state index in [-0.39, 0.29) is 23.1 Å². The average Bonchev–Trinajstić information content (AvgIpc) is 2.36. The Morgan fingerprint density at radius 1 is 1.30 bits per heavy atom. The van der Waals surface area contributed by atoms with Crippen molar-refractivity contribution in [3.05, 3.63) is 0 Å². The molecule has 2 saturated heterocycles. The van der Waals surface area contributed by atoms with Gasteiger partial charge in [-0.05, 0) is 37.6 Å². The number of amides is 1. The van der Waals surface area contributed by atoms with Crippen LogP contribution < -0.4 is 10.6 Å². The van der Waals surface area contributed by atoms with E-state index in [0.29, 0.717) is 19.4 Å². The van der Waals surface area contributed by atoms with Gasteiger partial charge in [0, 0.05) is 12.6 Å². The van der Waals surface area contributed by atoms with Crippen LogP contribution in [0.1, 0.15) is 46.0 Å². The first kappa shape index (κ1) is 15.8. The third-order valence-corrected chi connectivity index (χ3v) is 6.86. The van der Waals surface area contributed by atoms with Gasteiger partial charge in [0.2, 0.25) is 5.91 Å². The fourth-order valence-corrected chi connectivity index (χ4v) is 5.01. The molecule has 2 atom stereocenters. The monoisotopic (exact) mass is 302 g/mol. The molecule has 0 bridgehead atoms. The van der Waals surface area contributed by atoms with Gasteiger partial charge in [0.15, 0.2) is 9.84 Å². The van der Waals surface area contributed by atoms with Crippen molar-refractivity contribution >= 4 is 15.7 Å². The van der Waals surface area contributed by atoms with Crippen molar-refractivity contribution in [2.75, 3.05) is 18.8 Å². The average molecular weight is 302 g/mol. The van der Waals surface area contributed by atoms with Crippen LogP contribution in [0.15, 0.2) is 0 Å². The molecule has 2 rings (SSSR count). The minimum Gasteiger partial charge on any atom is -0.353 e. The standard InChI is InChI=1S/C14H26N2O3S/c1-14(2)7-5-8-15-12(14)10-16-13(17)11-6-3-4-9-20(11,18)19/h11-12,15H,3-10H2,1-2H3,(H,16,17).